The van der Waals surface area contributed by atoms with Crippen LogP contribution < -0.4 is 20.1 Å². The van der Waals surface area contributed by atoms with E-state index in [2.05, 4.69) is 16.7 Å². The molecule has 6 nitrogen and oxygen atoms in total. The van der Waals surface area contributed by atoms with E-state index in [1.807, 2.05) is 0 Å². The Morgan fingerprint density at radius 3 is 2.88 bits per heavy atom. The Labute approximate surface area is 159 Å². The van der Waals surface area contributed by atoms with Gasteiger partial charge in [0.15, 0.2) is 16.6 Å². The monoisotopic (exact) mass is 385 g/mol. The third-order valence-electron chi connectivity index (χ3n) is 4.37. The second-order valence-corrected chi connectivity index (χ2v) is 7.52. The van der Waals surface area contributed by atoms with Gasteiger partial charge >= 0.3 is 0 Å². The Hall–Kier alpha value is -2.63. The molecule has 1 aromatic carbocycles. The molecule has 1 aromatic heterocycles. The van der Waals surface area contributed by atoms with Gasteiger partial charge in [0.2, 0.25) is 6.79 Å². The first-order valence-electron chi connectivity index (χ1n) is 8.22. The third kappa shape index (κ3) is 3.11. The molecule has 132 valence electrons. The van der Waals surface area contributed by atoms with E-state index in [1.54, 1.807) is 29.5 Å². The summed E-state index contributed by atoms with van der Waals surface area (Å²) in [4.78, 5) is 13.6. The predicted octanol–water partition coefficient (Wildman–Crippen LogP) is 3.35. The summed E-state index contributed by atoms with van der Waals surface area (Å²) in [5.41, 5.74) is 2.19. The van der Waals surface area contributed by atoms with Gasteiger partial charge < -0.3 is 14.8 Å². The van der Waals surface area contributed by atoms with Gasteiger partial charge in [0.05, 0.1) is 5.56 Å². The molecule has 4 rings (SSSR count). The zero-order chi connectivity index (χ0) is 18.1. The Bertz CT molecular complexity index is 946. The van der Waals surface area contributed by atoms with E-state index in [0.29, 0.717) is 27.6 Å². The lowest BCUT2D eigenvalue weighted by molar-refractivity contribution is 0.0977. The maximum atomic E-state index is 12.4. The van der Waals surface area contributed by atoms with Crippen molar-refractivity contribution in [2.24, 2.45) is 0 Å². The second kappa shape index (κ2) is 6.94. The van der Waals surface area contributed by atoms with Crippen molar-refractivity contribution in [1.29, 1.82) is 5.26 Å². The van der Waals surface area contributed by atoms with Crippen LogP contribution in [-0.4, -0.2) is 17.8 Å². The molecule has 0 saturated carbocycles. The lowest BCUT2D eigenvalue weighted by Gasteiger charge is -2.10. The topological polar surface area (TPSA) is 83.4 Å². The smallest absolute Gasteiger partial charge is 0.257 e. The van der Waals surface area contributed by atoms with Crippen molar-refractivity contribution in [1.82, 2.24) is 5.32 Å². The van der Waals surface area contributed by atoms with Crippen molar-refractivity contribution in [2.45, 2.75) is 25.7 Å². The minimum Gasteiger partial charge on any atom is -0.454 e. The summed E-state index contributed by atoms with van der Waals surface area (Å²) in [6.45, 7) is 0.153. The molecule has 0 bridgehead atoms. The van der Waals surface area contributed by atoms with Crippen LogP contribution >= 0.6 is 23.6 Å². The number of fused-ring (bicyclic) bond motifs is 2. The van der Waals surface area contributed by atoms with Crippen LogP contribution in [0.3, 0.4) is 0 Å². The number of aryl methyl sites for hydroxylation is 1. The highest BCUT2D eigenvalue weighted by atomic mass is 32.1. The number of thiophene rings is 1. The number of nitriles is 1. The SMILES string of the molecule is N#Cc1c(NC(=S)NC(=O)c2ccc3c(c2)OCO3)sc2c1CCCC2. The fraction of sp³-hybridized carbons (Fsp3) is 0.278. The molecule has 1 aliphatic heterocycles. The Balaban J connectivity index is 1.47. The van der Waals surface area contributed by atoms with Gasteiger partial charge in [0.1, 0.15) is 11.1 Å². The Kier molecular flexibility index (Phi) is 4.49. The molecule has 0 unspecified atom stereocenters. The van der Waals surface area contributed by atoms with Gasteiger partial charge in [0.25, 0.3) is 5.91 Å². The molecule has 2 N–H and O–H groups in total. The highest BCUT2D eigenvalue weighted by molar-refractivity contribution is 7.80. The van der Waals surface area contributed by atoms with Gasteiger partial charge in [0, 0.05) is 10.4 Å². The number of hydrogen-bond acceptors (Lipinski definition) is 6. The number of nitrogens with one attached hydrogen (secondary N) is 2. The van der Waals surface area contributed by atoms with Gasteiger partial charge in [-0.25, -0.2) is 0 Å². The van der Waals surface area contributed by atoms with Crippen LogP contribution in [0.15, 0.2) is 18.2 Å². The Morgan fingerprint density at radius 1 is 1.23 bits per heavy atom. The fourth-order valence-corrected chi connectivity index (χ4v) is 4.62. The molecule has 0 saturated heterocycles. The fourth-order valence-electron chi connectivity index (χ4n) is 3.12. The van der Waals surface area contributed by atoms with E-state index >= 15 is 0 Å². The van der Waals surface area contributed by atoms with E-state index in [9.17, 15) is 10.1 Å². The van der Waals surface area contributed by atoms with Crippen molar-refractivity contribution in [3.05, 3.63) is 39.8 Å². The van der Waals surface area contributed by atoms with Crippen molar-refractivity contribution in [2.75, 3.05) is 12.1 Å². The summed E-state index contributed by atoms with van der Waals surface area (Å²) in [6, 6.07) is 7.22. The normalized spacial score (nSPS) is 14.3. The zero-order valence-electron chi connectivity index (χ0n) is 13.8. The van der Waals surface area contributed by atoms with E-state index in [1.165, 1.54) is 4.88 Å². The number of nitrogens with zero attached hydrogens (tertiary/aromatic N) is 1. The van der Waals surface area contributed by atoms with Crippen LogP contribution in [0.2, 0.25) is 0 Å². The molecule has 1 amide bonds. The van der Waals surface area contributed by atoms with Crippen LogP contribution in [0.4, 0.5) is 5.00 Å². The molecular weight excluding hydrogens is 370 g/mol. The lowest BCUT2D eigenvalue weighted by atomic mass is 9.96. The summed E-state index contributed by atoms with van der Waals surface area (Å²) in [5, 5.41) is 16.0. The van der Waals surface area contributed by atoms with Crippen LogP contribution in [0.25, 0.3) is 0 Å². The average Bonchev–Trinajstić information content (AvgIpc) is 3.24. The van der Waals surface area contributed by atoms with Gasteiger partial charge in [-0.05, 0) is 61.7 Å². The first-order chi connectivity index (χ1) is 12.7. The second-order valence-electron chi connectivity index (χ2n) is 6.00. The zero-order valence-corrected chi connectivity index (χ0v) is 15.4. The number of hydrogen-bond donors (Lipinski definition) is 2. The summed E-state index contributed by atoms with van der Waals surface area (Å²) in [6.07, 6.45) is 4.16. The Morgan fingerprint density at radius 2 is 2.04 bits per heavy atom. The maximum absolute atomic E-state index is 12.4. The van der Waals surface area contributed by atoms with Crippen LogP contribution in [-0.2, 0) is 12.8 Å². The number of rotatable bonds is 2. The van der Waals surface area contributed by atoms with Gasteiger partial charge in [-0.1, -0.05) is 0 Å². The average molecular weight is 385 g/mol. The van der Waals surface area contributed by atoms with E-state index in [0.717, 1.165) is 31.2 Å². The summed E-state index contributed by atoms with van der Waals surface area (Å²) in [5.74, 6) is 0.805. The molecule has 2 aromatic rings. The molecule has 2 heterocycles. The minimum absolute atomic E-state index is 0.153. The molecule has 0 fully saturated rings. The van der Waals surface area contributed by atoms with Crippen molar-refractivity contribution in [3.63, 3.8) is 0 Å². The number of anilines is 1. The molecule has 0 atom stereocenters. The van der Waals surface area contributed by atoms with Crippen LogP contribution in [0.1, 0.15) is 39.2 Å². The standard InChI is InChI=1S/C18H15N3O3S2/c19-8-12-11-3-1-2-4-15(11)26-17(12)21-18(25)20-16(22)10-5-6-13-14(7-10)24-9-23-13/h5-7H,1-4,9H2,(H2,20,21,22,25). The molecule has 26 heavy (non-hydrogen) atoms. The number of carbonyl (C=O) groups is 1. The molecule has 8 heteroatoms. The van der Waals surface area contributed by atoms with Crippen LogP contribution in [0, 0.1) is 11.3 Å². The van der Waals surface area contributed by atoms with E-state index in [4.69, 9.17) is 21.7 Å². The number of amides is 1. The van der Waals surface area contributed by atoms with Gasteiger partial charge in [-0.15, -0.1) is 11.3 Å². The number of carbonyl (C=O) groups excluding carboxylic acids is 1. The molecular formula is C18H15N3O3S2. The molecule has 0 radical (unpaired) electrons. The molecule has 0 spiro atoms. The largest absolute Gasteiger partial charge is 0.454 e. The quantitative estimate of drug-likeness (QED) is 0.772. The number of thiocarbonyl (C=S) groups is 1. The third-order valence-corrected chi connectivity index (χ3v) is 5.78. The summed E-state index contributed by atoms with van der Waals surface area (Å²) >= 11 is 6.80. The number of benzene rings is 1. The van der Waals surface area contributed by atoms with Gasteiger partial charge in [-0.3, -0.25) is 10.1 Å². The lowest BCUT2D eigenvalue weighted by Crippen LogP contribution is -2.34. The van der Waals surface area contributed by atoms with Crippen molar-refractivity contribution >= 4 is 39.6 Å². The highest BCUT2D eigenvalue weighted by Gasteiger charge is 2.22. The maximum Gasteiger partial charge on any atom is 0.257 e. The van der Waals surface area contributed by atoms with E-state index in [-0.39, 0.29) is 17.8 Å². The van der Waals surface area contributed by atoms with Crippen molar-refractivity contribution < 1.29 is 14.3 Å². The van der Waals surface area contributed by atoms with Gasteiger partial charge in [-0.2, -0.15) is 5.26 Å². The predicted molar refractivity (Wildman–Crippen MR) is 102 cm³/mol. The molecule has 1 aliphatic carbocycles. The minimum atomic E-state index is -0.347. The van der Waals surface area contributed by atoms with Crippen molar-refractivity contribution in [3.8, 4) is 17.6 Å². The van der Waals surface area contributed by atoms with E-state index < -0.39 is 0 Å². The highest BCUT2D eigenvalue weighted by Crippen LogP contribution is 2.37. The first-order valence-corrected chi connectivity index (χ1v) is 9.45. The molecule has 2 aliphatic rings. The summed E-state index contributed by atoms with van der Waals surface area (Å²) in [7, 11) is 0. The van der Waals surface area contributed by atoms with Crippen LogP contribution in [0.5, 0.6) is 11.5 Å². The first kappa shape index (κ1) is 16.8. The summed E-state index contributed by atoms with van der Waals surface area (Å²) < 4.78 is 10.5. The number of ether oxygens (including phenoxy) is 2.